The van der Waals surface area contributed by atoms with Crippen LogP contribution < -0.4 is 15.5 Å². The molecule has 1 aromatic carbocycles. The van der Waals surface area contributed by atoms with Gasteiger partial charge >= 0.3 is 11.8 Å². The van der Waals surface area contributed by atoms with Crippen molar-refractivity contribution < 1.29 is 22.8 Å². The van der Waals surface area contributed by atoms with Crippen LogP contribution >= 0.6 is 0 Å². The Morgan fingerprint density at radius 3 is 2.39 bits per heavy atom. The van der Waals surface area contributed by atoms with Gasteiger partial charge in [0.2, 0.25) is 5.95 Å². The zero-order valence-corrected chi connectivity index (χ0v) is 14.8. The van der Waals surface area contributed by atoms with E-state index in [1.165, 1.54) is 0 Å². The summed E-state index contributed by atoms with van der Waals surface area (Å²) in [6.07, 6.45) is 3.66. The van der Waals surface area contributed by atoms with Gasteiger partial charge in [0.15, 0.2) is 5.82 Å². The zero-order valence-electron chi connectivity index (χ0n) is 14.8. The van der Waals surface area contributed by atoms with Crippen LogP contribution in [0.2, 0.25) is 0 Å². The molecule has 2 aromatic rings. The second kappa shape index (κ2) is 8.68. The molecule has 1 aliphatic rings. The molecular weight excluding hydrogens is 375 g/mol. The van der Waals surface area contributed by atoms with Crippen molar-refractivity contribution in [2.75, 3.05) is 29.9 Å². The van der Waals surface area contributed by atoms with E-state index in [4.69, 9.17) is 0 Å². The van der Waals surface area contributed by atoms with Crippen molar-refractivity contribution >= 4 is 23.5 Å². The maximum absolute atomic E-state index is 13.5. The first kappa shape index (κ1) is 19.6. The third kappa shape index (κ3) is 4.96. The fraction of sp³-hybridized carbons (Fsp3) is 0.333. The van der Waals surface area contributed by atoms with E-state index >= 15 is 0 Å². The van der Waals surface area contributed by atoms with E-state index < -0.39 is 35.0 Å². The molecule has 2 heterocycles. The molecule has 28 heavy (non-hydrogen) atoms. The number of piperidine rings is 1. The third-order valence-electron chi connectivity index (χ3n) is 4.44. The average molecular weight is 393 g/mol. The van der Waals surface area contributed by atoms with Gasteiger partial charge in [-0.15, -0.1) is 0 Å². The summed E-state index contributed by atoms with van der Waals surface area (Å²) in [4.78, 5) is 33.5. The van der Waals surface area contributed by atoms with Crippen LogP contribution in [0.5, 0.6) is 0 Å². The van der Waals surface area contributed by atoms with E-state index in [9.17, 15) is 22.8 Å². The van der Waals surface area contributed by atoms with Crippen LogP contribution in [0, 0.1) is 23.4 Å². The Morgan fingerprint density at radius 1 is 1.04 bits per heavy atom. The minimum Gasteiger partial charge on any atom is -0.348 e. The highest BCUT2D eigenvalue weighted by Crippen LogP contribution is 2.20. The summed E-state index contributed by atoms with van der Waals surface area (Å²) >= 11 is 0. The number of carbonyl (C=O) groups excluding carboxylic acids is 2. The summed E-state index contributed by atoms with van der Waals surface area (Å²) in [5, 5.41) is 4.55. The second-order valence-electron chi connectivity index (χ2n) is 6.42. The van der Waals surface area contributed by atoms with Gasteiger partial charge < -0.3 is 15.5 Å². The molecule has 0 radical (unpaired) electrons. The van der Waals surface area contributed by atoms with Crippen molar-refractivity contribution in [1.82, 2.24) is 15.3 Å². The number of rotatable bonds is 4. The highest BCUT2D eigenvalue weighted by atomic mass is 19.1. The molecule has 7 nitrogen and oxygen atoms in total. The van der Waals surface area contributed by atoms with Gasteiger partial charge in [-0.3, -0.25) is 9.59 Å². The van der Waals surface area contributed by atoms with Crippen molar-refractivity contribution in [2.45, 2.75) is 12.8 Å². The molecular formula is C18H18F3N5O2. The minimum absolute atomic E-state index is 0.138. The van der Waals surface area contributed by atoms with Gasteiger partial charge in [-0.2, -0.15) is 0 Å². The standard InChI is InChI=1S/C18H18F3N5O2/c19-12-1-2-14(21)15(7-12)25-17(28)16(27)22-8-11-3-5-26(6-4-11)18-23-9-13(20)10-24-18/h1-2,7,9-11H,3-6,8H2,(H,22,27)(H,25,28). The quantitative estimate of drug-likeness (QED) is 0.775. The number of aromatic nitrogens is 2. The van der Waals surface area contributed by atoms with Crippen molar-refractivity contribution in [2.24, 2.45) is 5.92 Å². The van der Waals surface area contributed by atoms with Crippen LogP contribution in [-0.2, 0) is 9.59 Å². The predicted octanol–water partition coefficient (Wildman–Crippen LogP) is 1.87. The topological polar surface area (TPSA) is 87.2 Å². The fourth-order valence-corrected chi connectivity index (χ4v) is 2.90. The van der Waals surface area contributed by atoms with Crippen LogP contribution in [0.15, 0.2) is 30.6 Å². The number of carbonyl (C=O) groups is 2. The van der Waals surface area contributed by atoms with Gasteiger partial charge in [-0.1, -0.05) is 0 Å². The number of anilines is 2. The number of nitrogens with one attached hydrogen (secondary N) is 2. The highest BCUT2D eigenvalue weighted by Gasteiger charge is 2.23. The van der Waals surface area contributed by atoms with E-state index in [1.807, 2.05) is 4.90 Å². The summed E-state index contributed by atoms with van der Waals surface area (Å²) in [7, 11) is 0. The molecule has 1 aliphatic heterocycles. The largest absolute Gasteiger partial charge is 0.348 e. The SMILES string of the molecule is O=C(NCC1CCN(c2ncc(F)cn2)CC1)C(=O)Nc1cc(F)ccc1F. The van der Waals surface area contributed by atoms with E-state index in [0.717, 1.165) is 43.4 Å². The molecule has 10 heteroatoms. The maximum Gasteiger partial charge on any atom is 0.313 e. The van der Waals surface area contributed by atoms with Gasteiger partial charge in [-0.05, 0) is 30.9 Å². The number of nitrogens with zero attached hydrogens (tertiary/aromatic N) is 3. The summed E-state index contributed by atoms with van der Waals surface area (Å²) in [6, 6.07) is 2.57. The lowest BCUT2D eigenvalue weighted by Crippen LogP contribution is -2.42. The lowest BCUT2D eigenvalue weighted by Gasteiger charge is -2.31. The Morgan fingerprint density at radius 2 is 1.71 bits per heavy atom. The summed E-state index contributed by atoms with van der Waals surface area (Å²) in [5.41, 5.74) is -0.396. The van der Waals surface area contributed by atoms with Gasteiger partial charge in [0, 0.05) is 25.7 Å². The number of amides is 2. The van der Waals surface area contributed by atoms with Crippen LogP contribution in [0.3, 0.4) is 0 Å². The highest BCUT2D eigenvalue weighted by molar-refractivity contribution is 6.39. The fourth-order valence-electron chi connectivity index (χ4n) is 2.90. The number of benzene rings is 1. The lowest BCUT2D eigenvalue weighted by molar-refractivity contribution is -0.136. The Labute approximate surface area is 159 Å². The smallest absolute Gasteiger partial charge is 0.313 e. The van der Waals surface area contributed by atoms with Crippen molar-refractivity contribution in [3.8, 4) is 0 Å². The summed E-state index contributed by atoms with van der Waals surface area (Å²) in [6.45, 7) is 1.54. The Hall–Kier alpha value is -3.17. The van der Waals surface area contributed by atoms with E-state index in [-0.39, 0.29) is 12.5 Å². The normalized spacial score (nSPS) is 14.6. The number of hydrogen-bond donors (Lipinski definition) is 2. The molecule has 0 unspecified atom stereocenters. The Kier molecular flexibility index (Phi) is 6.07. The van der Waals surface area contributed by atoms with Crippen LogP contribution in [-0.4, -0.2) is 41.4 Å². The first-order valence-electron chi connectivity index (χ1n) is 8.69. The number of halogens is 3. The van der Waals surface area contributed by atoms with Crippen LogP contribution in [0.1, 0.15) is 12.8 Å². The average Bonchev–Trinajstić information content (AvgIpc) is 2.70. The van der Waals surface area contributed by atoms with E-state index in [0.29, 0.717) is 19.0 Å². The molecule has 1 saturated heterocycles. The van der Waals surface area contributed by atoms with Gasteiger partial charge in [-0.25, -0.2) is 23.1 Å². The Balaban J connectivity index is 1.44. The molecule has 1 aromatic heterocycles. The molecule has 0 spiro atoms. The zero-order chi connectivity index (χ0) is 20.1. The molecule has 2 N–H and O–H groups in total. The molecule has 0 saturated carbocycles. The van der Waals surface area contributed by atoms with Crippen molar-refractivity contribution in [3.05, 3.63) is 48.0 Å². The van der Waals surface area contributed by atoms with Crippen molar-refractivity contribution in [3.63, 3.8) is 0 Å². The molecule has 0 atom stereocenters. The summed E-state index contributed by atoms with van der Waals surface area (Å²) in [5.74, 6) is -3.47. The molecule has 3 rings (SSSR count). The third-order valence-corrected chi connectivity index (χ3v) is 4.44. The first-order valence-corrected chi connectivity index (χ1v) is 8.69. The van der Waals surface area contributed by atoms with Gasteiger partial charge in [0.1, 0.15) is 11.6 Å². The Bertz CT molecular complexity index is 855. The molecule has 1 fully saturated rings. The molecule has 2 amide bonds. The monoisotopic (exact) mass is 393 g/mol. The van der Waals surface area contributed by atoms with Crippen LogP contribution in [0.25, 0.3) is 0 Å². The molecule has 0 bridgehead atoms. The maximum atomic E-state index is 13.5. The second-order valence-corrected chi connectivity index (χ2v) is 6.42. The van der Waals surface area contributed by atoms with Gasteiger partial charge in [0.25, 0.3) is 0 Å². The van der Waals surface area contributed by atoms with E-state index in [1.54, 1.807) is 0 Å². The minimum atomic E-state index is -1.07. The molecule has 0 aliphatic carbocycles. The molecule has 148 valence electrons. The lowest BCUT2D eigenvalue weighted by atomic mass is 9.97. The van der Waals surface area contributed by atoms with Gasteiger partial charge in [0.05, 0.1) is 18.1 Å². The van der Waals surface area contributed by atoms with Crippen molar-refractivity contribution in [1.29, 1.82) is 0 Å². The number of hydrogen-bond acceptors (Lipinski definition) is 5. The van der Waals surface area contributed by atoms with Crippen LogP contribution in [0.4, 0.5) is 24.8 Å². The first-order chi connectivity index (χ1) is 13.4. The summed E-state index contributed by atoms with van der Waals surface area (Å²) < 4.78 is 39.5. The predicted molar refractivity (Wildman–Crippen MR) is 94.9 cm³/mol. The van der Waals surface area contributed by atoms with E-state index in [2.05, 4.69) is 20.6 Å².